The van der Waals surface area contributed by atoms with Crippen molar-refractivity contribution in [2.45, 2.75) is 18.5 Å². The van der Waals surface area contributed by atoms with Gasteiger partial charge in [-0.2, -0.15) is 12.7 Å². The highest BCUT2D eigenvalue weighted by Gasteiger charge is 2.32. The van der Waals surface area contributed by atoms with Gasteiger partial charge < -0.3 is 15.0 Å². The van der Waals surface area contributed by atoms with Crippen LogP contribution in [0.3, 0.4) is 0 Å². The van der Waals surface area contributed by atoms with Crippen LogP contribution in [0.2, 0.25) is 0 Å². The number of methoxy groups -OCH3 is 1. The molecular weight excluding hydrogens is 552 g/mol. The first kappa shape index (κ1) is 30.3. The number of hydrogen-bond donors (Lipinski definition) is 2. The second-order valence-corrected chi connectivity index (χ2v) is 11.4. The number of rotatable bonds is 11. The summed E-state index contributed by atoms with van der Waals surface area (Å²) in [6.07, 6.45) is 0.153. The van der Waals surface area contributed by atoms with Crippen LogP contribution in [0, 0.1) is 0 Å². The number of likely N-dealkylation sites (N-methyl/N-ethyl adjacent to an activating group) is 1. The summed E-state index contributed by atoms with van der Waals surface area (Å²) in [5, 5.41) is 2.60. The van der Waals surface area contributed by atoms with Gasteiger partial charge in [-0.05, 0) is 41.0 Å². The molecule has 1 unspecified atom stereocenters. The lowest BCUT2D eigenvalue weighted by molar-refractivity contribution is -0.120. The van der Waals surface area contributed by atoms with Crippen LogP contribution in [0.5, 0.6) is 5.75 Å². The lowest BCUT2D eigenvalue weighted by Gasteiger charge is -2.29. The van der Waals surface area contributed by atoms with E-state index < -0.39 is 34.2 Å². The molecule has 42 heavy (non-hydrogen) atoms. The second kappa shape index (κ2) is 13.8. The molecule has 4 aromatic carbocycles. The van der Waals surface area contributed by atoms with Gasteiger partial charge in [-0.3, -0.25) is 4.79 Å². The van der Waals surface area contributed by atoms with E-state index in [0.717, 1.165) is 21.0 Å². The summed E-state index contributed by atoms with van der Waals surface area (Å²) in [4.78, 5) is 28.2. The zero-order chi connectivity index (χ0) is 30.1. The SMILES string of the molecule is COc1ccc(N(C)C(=O)C(Cc2ccccc2)NC(=O)NS(=O)(=O)N(C)C(c2ccccc2)c2ccccc2)cc1. The summed E-state index contributed by atoms with van der Waals surface area (Å²) in [6, 6.07) is 31.6. The smallest absolute Gasteiger partial charge is 0.330 e. The van der Waals surface area contributed by atoms with Crippen molar-refractivity contribution >= 4 is 27.8 Å². The fourth-order valence-electron chi connectivity index (χ4n) is 4.62. The molecule has 0 aliphatic heterocycles. The highest BCUT2D eigenvalue weighted by atomic mass is 32.2. The van der Waals surface area contributed by atoms with E-state index in [1.807, 2.05) is 91.0 Å². The minimum atomic E-state index is -4.35. The number of anilines is 1. The molecule has 1 atom stereocenters. The number of nitrogens with zero attached hydrogens (tertiary/aromatic N) is 2. The van der Waals surface area contributed by atoms with E-state index in [1.165, 1.54) is 11.9 Å². The minimum absolute atomic E-state index is 0.153. The maximum Gasteiger partial charge on any atom is 0.330 e. The van der Waals surface area contributed by atoms with Gasteiger partial charge in [0.2, 0.25) is 5.91 Å². The van der Waals surface area contributed by atoms with E-state index in [4.69, 9.17) is 4.74 Å². The van der Waals surface area contributed by atoms with Gasteiger partial charge in [-0.15, -0.1) is 0 Å². The second-order valence-electron chi connectivity index (χ2n) is 9.66. The Morgan fingerprint density at radius 1 is 0.762 bits per heavy atom. The van der Waals surface area contributed by atoms with Crippen LogP contribution in [-0.2, 0) is 21.4 Å². The lowest BCUT2D eigenvalue weighted by Crippen LogP contribution is -2.54. The predicted molar refractivity (Wildman–Crippen MR) is 163 cm³/mol. The molecule has 3 amide bonds. The molecule has 2 N–H and O–H groups in total. The first-order valence-electron chi connectivity index (χ1n) is 13.3. The molecule has 0 bridgehead atoms. The van der Waals surface area contributed by atoms with Gasteiger partial charge in [-0.1, -0.05) is 91.0 Å². The predicted octanol–water partition coefficient (Wildman–Crippen LogP) is 4.53. The normalized spacial score (nSPS) is 12.0. The van der Waals surface area contributed by atoms with Gasteiger partial charge >= 0.3 is 16.2 Å². The largest absolute Gasteiger partial charge is 0.497 e. The van der Waals surface area contributed by atoms with Gasteiger partial charge in [0.05, 0.1) is 13.2 Å². The number of amides is 3. The maximum atomic E-state index is 13.6. The van der Waals surface area contributed by atoms with Crippen LogP contribution < -0.4 is 19.7 Å². The number of urea groups is 1. The third kappa shape index (κ3) is 7.54. The average molecular weight is 587 g/mol. The summed E-state index contributed by atoms with van der Waals surface area (Å²) in [7, 11) is 0.205. The molecule has 4 aromatic rings. The number of ether oxygens (including phenoxy) is 1. The lowest BCUT2D eigenvalue weighted by atomic mass is 9.99. The zero-order valence-electron chi connectivity index (χ0n) is 23.7. The third-order valence-electron chi connectivity index (χ3n) is 6.87. The molecule has 0 fully saturated rings. The molecule has 4 rings (SSSR count). The van der Waals surface area contributed by atoms with Crippen LogP contribution in [-0.4, -0.2) is 51.9 Å². The van der Waals surface area contributed by atoms with Crippen LogP contribution in [0.15, 0.2) is 115 Å². The fraction of sp³-hybridized carbons (Fsp3) is 0.188. The highest BCUT2D eigenvalue weighted by molar-refractivity contribution is 7.87. The van der Waals surface area contributed by atoms with E-state index in [-0.39, 0.29) is 6.42 Å². The van der Waals surface area contributed by atoms with Crippen LogP contribution in [0.25, 0.3) is 0 Å². The van der Waals surface area contributed by atoms with E-state index in [0.29, 0.717) is 11.4 Å². The number of nitrogens with one attached hydrogen (secondary N) is 2. The van der Waals surface area contributed by atoms with Crippen molar-refractivity contribution in [2.75, 3.05) is 26.1 Å². The van der Waals surface area contributed by atoms with Gasteiger partial charge in [0, 0.05) is 26.2 Å². The van der Waals surface area contributed by atoms with Crippen molar-refractivity contribution in [1.29, 1.82) is 0 Å². The summed E-state index contributed by atoms with van der Waals surface area (Å²) < 4.78 is 35.4. The van der Waals surface area contributed by atoms with Gasteiger partial charge in [0.25, 0.3) is 0 Å². The Kier molecular flexibility index (Phi) is 9.95. The number of carbonyl (C=O) groups excluding carboxylic acids is 2. The molecule has 10 heteroatoms. The zero-order valence-corrected chi connectivity index (χ0v) is 24.5. The molecule has 0 saturated heterocycles. The molecule has 0 aliphatic rings. The summed E-state index contributed by atoms with van der Waals surface area (Å²) in [5.41, 5.74) is 2.85. The van der Waals surface area contributed by atoms with Crippen LogP contribution >= 0.6 is 0 Å². The summed E-state index contributed by atoms with van der Waals surface area (Å²) >= 11 is 0. The van der Waals surface area contributed by atoms with Crippen molar-refractivity contribution < 1.29 is 22.7 Å². The van der Waals surface area contributed by atoms with E-state index >= 15 is 0 Å². The summed E-state index contributed by atoms with van der Waals surface area (Å²) in [5.74, 6) is 0.216. The Morgan fingerprint density at radius 2 is 1.26 bits per heavy atom. The molecule has 0 heterocycles. The molecular formula is C32H34N4O5S. The maximum absolute atomic E-state index is 13.6. The first-order chi connectivity index (χ1) is 20.2. The molecule has 0 aliphatic carbocycles. The van der Waals surface area contributed by atoms with Crippen molar-refractivity contribution in [3.63, 3.8) is 0 Å². The van der Waals surface area contributed by atoms with Gasteiger partial charge in [-0.25, -0.2) is 9.52 Å². The first-order valence-corrected chi connectivity index (χ1v) is 14.8. The van der Waals surface area contributed by atoms with Crippen molar-refractivity contribution in [3.8, 4) is 5.75 Å². The fourth-order valence-corrected chi connectivity index (χ4v) is 5.57. The Balaban J connectivity index is 1.56. The average Bonchev–Trinajstić information content (AvgIpc) is 3.01. The Hall–Kier alpha value is -4.67. The Bertz CT molecular complexity index is 1530. The summed E-state index contributed by atoms with van der Waals surface area (Å²) in [6.45, 7) is 0. The molecule has 0 aromatic heterocycles. The Morgan fingerprint density at radius 3 is 1.76 bits per heavy atom. The topological polar surface area (TPSA) is 108 Å². The molecule has 9 nitrogen and oxygen atoms in total. The van der Waals surface area contributed by atoms with Crippen molar-refractivity contribution in [1.82, 2.24) is 14.3 Å². The van der Waals surface area contributed by atoms with E-state index in [1.54, 1.807) is 38.4 Å². The number of carbonyl (C=O) groups is 2. The van der Waals surface area contributed by atoms with Gasteiger partial charge in [0.1, 0.15) is 11.8 Å². The highest BCUT2D eigenvalue weighted by Crippen LogP contribution is 2.29. The van der Waals surface area contributed by atoms with Crippen LogP contribution in [0.4, 0.5) is 10.5 Å². The van der Waals surface area contributed by atoms with Crippen molar-refractivity contribution in [3.05, 3.63) is 132 Å². The van der Waals surface area contributed by atoms with Crippen LogP contribution in [0.1, 0.15) is 22.7 Å². The molecule has 0 spiro atoms. The molecule has 218 valence electrons. The molecule has 0 radical (unpaired) electrons. The van der Waals surface area contributed by atoms with E-state index in [9.17, 15) is 18.0 Å². The monoisotopic (exact) mass is 586 g/mol. The third-order valence-corrected chi connectivity index (χ3v) is 8.28. The standard InChI is InChI=1S/C32H34N4O5S/c1-35(27-19-21-28(41-3)22-20-27)31(37)29(23-24-13-7-4-8-14-24)33-32(38)34-42(39,40)36(2)30(25-15-9-5-10-16-25)26-17-11-6-12-18-26/h4-22,29-30H,23H2,1-3H3,(H2,33,34,38). The van der Waals surface area contributed by atoms with E-state index in [2.05, 4.69) is 10.0 Å². The number of benzene rings is 4. The number of hydrogen-bond acceptors (Lipinski definition) is 5. The van der Waals surface area contributed by atoms with Gasteiger partial charge in [0.15, 0.2) is 0 Å². The Labute approximate surface area is 246 Å². The quantitative estimate of drug-likeness (QED) is 0.269. The molecule has 0 saturated carbocycles. The van der Waals surface area contributed by atoms with Crippen molar-refractivity contribution in [2.24, 2.45) is 0 Å². The minimum Gasteiger partial charge on any atom is -0.497 e.